The third-order valence-corrected chi connectivity index (χ3v) is 3.25. The molecular weight excluding hydrogens is 262 g/mol. The zero-order valence-electron chi connectivity index (χ0n) is 9.83. The molecule has 0 radical (unpaired) electrons. The maximum absolute atomic E-state index is 11.6. The lowest BCUT2D eigenvalue weighted by molar-refractivity contribution is -0.255. The highest BCUT2D eigenvalue weighted by Crippen LogP contribution is 2.11. The van der Waals surface area contributed by atoms with Crippen molar-refractivity contribution in [3.8, 4) is 0 Å². The molecule has 19 heavy (non-hydrogen) atoms. The number of allylic oxidation sites excluding steroid dienone is 1. The van der Waals surface area contributed by atoms with Crippen LogP contribution in [0.3, 0.4) is 0 Å². The maximum atomic E-state index is 11.6. The van der Waals surface area contributed by atoms with E-state index in [2.05, 4.69) is 5.32 Å². The van der Waals surface area contributed by atoms with Crippen LogP contribution in [0, 0.1) is 0 Å². The van der Waals surface area contributed by atoms with E-state index in [9.17, 15) is 14.7 Å². The predicted molar refractivity (Wildman–Crippen MR) is 72.2 cm³/mol. The van der Waals surface area contributed by atoms with Crippen molar-refractivity contribution in [1.29, 1.82) is 0 Å². The average Bonchev–Trinajstić information content (AvgIpc) is 2.93. The normalized spacial score (nSPS) is 10.5. The number of carboxylic acids is 1. The van der Waals surface area contributed by atoms with Crippen molar-refractivity contribution < 1.29 is 14.7 Å². The first-order valence-corrected chi connectivity index (χ1v) is 6.37. The molecule has 1 heterocycles. The number of hydrogen-bond donors (Lipinski definition) is 1. The fraction of sp³-hybridized carbons (Fsp3) is 0. The number of benzene rings is 1. The standard InChI is InChI=1S/C14H11NO3S/c16-12(13-2-1-9-19-13)7-8-15-11-5-3-10(4-6-11)14(17)18/h1-9,15H,(H,17,18)/p-1/b8-7+. The fourth-order valence-corrected chi connectivity index (χ4v) is 2.06. The first kappa shape index (κ1) is 13.0. The van der Waals surface area contributed by atoms with E-state index < -0.39 is 5.97 Å². The van der Waals surface area contributed by atoms with E-state index in [-0.39, 0.29) is 11.3 Å². The van der Waals surface area contributed by atoms with Crippen molar-refractivity contribution in [3.63, 3.8) is 0 Å². The summed E-state index contributed by atoms with van der Waals surface area (Å²) in [4.78, 5) is 22.9. The van der Waals surface area contributed by atoms with Crippen LogP contribution in [0.15, 0.2) is 54.1 Å². The quantitative estimate of drug-likeness (QED) is 0.667. The summed E-state index contributed by atoms with van der Waals surface area (Å²) < 4.78 is 0. The molecule has 0 amide bonds. The predicted octanol–water partition coefficient (Wildman–Crippen LogP) is 1.92. The fourth-order valence-electron chi connectivity index (χ4n) is 1.42. The van der Waals surface area contributed by atoms with Crippen LogP contribution in [-0.4, -0.2) is 11.8 Å². The van der Waals surface area contributed by atoms with Gasteiger partial charge in [0.1, 0.15) is 0 Å². The van der Waals surface area contributed by atoms with Gasteiger partial charge in [0, 0.05) is 18.0 Å². The Morgan fingerprint density at radius 2 is 1.89 bits per heavy atom. The number of hydrogen-bond acceptors (Lipinski definition) is 5. The summed E-state index contributed by atoms with van der Waals surface area (Å²) in [6, 6.07) is 9.65. The summed E-state index contributed by atoms with van der Waals surface area (Å²) in [5.74, 6) is -1.29. The van der Waals surface area contributed by atoms with E-state index >= 15 is 0 Å². The molecule has 2 aromatic rings. The largest absolute Gasteiger partial charge is 0.545 e. The second-order valence-corrected chi connectivity index (χ2v) is 4.63. The molecule has 4 nitrogen and oxygen atoms in total. The minimum Gasteiger partial charge on any atom is -0.545 e. The maximum Gasteiger partial charge on any atom is 0.197 e. The van der Waals surface area contributed by atoms with Crippen LogP contribution in [0.25, 0.3) is 0 Å². The van der Waals surface area contributed by atoms with Crippen LogP contribution in [0.1, 0.15) is 20.0 Å². The number of rotatable bonds is 5. The highest BCUT2D eigenvalue weighted by atomic mass is 32.1. The number of nitrogens with one attached hydrogen (secondary N) is 1. The monoisotopic (exact) mass is 272 g/mol. The van der Waals surface area contributed by atoms with Gasteiger partial charge in [0.15, 0.2) is 5.78 Å². The van der Waals surface area contributed by atoms with Crippen molar-refractivity contribution >= 4 is 28.8 Å². The smallest absolute Gasteiger partial charge is 0.197 e. The van der Waals surface area contributed by atoms with Gasteiger partial charge < -0.3 is 15.2 Å². The van der Waals surface area contributed by atoms with Gasteiger partial charge in [0.25, 0.3) is 0 Å². The molecule has 2 rings (SSSR count). The summed E-state index contributed by atoms with van der Waals surface area (Å²) in [6.07, 6.45) is 2.95. The summed E-state index contributed by atoms with van der Waals surface area (Å²) in [5, 5.41) is 15.3. The number of carbonyl (C=O) groups is 2. The van der Waals surface area contributed by atoms with E-state index in [0.717, 1.165) is 0 Å². The zero-order chi connectivity index (χ0) is 13.7. The van der Waals surface area contributed by atoms with E-state index in [0.29, 0.717) is 10.6 Å². The topological polar surface area (TPSA) is 69.2 Å². The zero-order valence-corrected chi connectivity index (χ0v) is 10.6. The minimum absolute atomic E-state index is 0.0751. The van der Waals surface area contributed by atoms with Crippen LogP contribution in [0.4, 0.5) is 5.69 Å². The van der Waals surface area contributed by atoms with E-state index in [1.54, 1.807) is 18.2 Å². The highest BCUT2D eigenvalue weighted by molar-refractivity contribution is 7.12. The Labute approximate surface area is 114 Å². The molecule has 0 unspecified atom stereocenters. The molecule has 1 aromatic carbocycles. The Balaban J connectivity index is 1.95. The van der Waals surface area contributed by atoms with Crippen LogP contribution < -0.4 is 10.4 Å². The second-order valence-electron chi connectivity index (χ2n) is 3.68. The number of ketones is 1. The van der Waals surface area contributed by atoms with Crippen molar-refractivity contribution in [2.24, 2.45) is 0 Å². The van der Waals surface area contributed by atoms with Crippen molar-refractivity contribution in [3.05, 3.63) is 64.5 Å². The van der Waals surface area contributed by atoms with Crippen molar-refractivity contribution in [2.75, 3.05) is 5.32 Å². The van der Waals surface area contributed by atoms with Crippen molar-refractivity contribution in [1.82, 2.24) is 0 Å². The Morgan fingerprint density at radius 3 is 2.47 bits per heavy atom. The molecule has 1 N–H and O–H groups in total. The lowest BCUT2D eigenvalue weighted by Gasteiger charge is -2.04. The number of anilines is 1. The summed E-state index contributed by atoms with van der Waals surface area (Å²) in [7, 11) is 0. The van der Waals surface area contributed by atoms with Gasteiger partial charge in [-0.2, -0.15) is 0 Å². The van der Waals surface area contributed by atoms with Gasteiger partial charge >= 0.3 is 0 Å². The summed E-state index contributed by atoms with van der Waals surface area (Å²) in [6.45, 7) is 0. The van der Waals surface area contributed by atoms with Crippen LogP contribution in [0.2, 0.25) is 0 Å². The van der Waals surface area contributed by atoms with Gasteiger partial charge in [-0.3, -0.25) is 4.79 Å². The van der Waals surface area contributed by atoms with E-state index in [1.165, 1.54) is 35.7 Å². The molecule has 1 aromatic heterocycles. The molecule has 0 atom stereocenters. The Bertz CT molecular complexity index is 600. The molecule has 0 spiro atoms. The van der Waals surface area contributed by atoms with Crippen molar-refractivity contribution in [2.45, 2.75) is 0 Å². The minimum atomic E-state index is -1.21. The average molecular weight is 272 g/mol. The summed E-state index contributed by atoms with van der Waals surface area (Å²) >= 11 is 1.38. The van der Waals surface area contributed by atoms with Crippen LogP contribution in [0.5, 0.6) is 0 Å². The molecule has 0 aliphatic heterocycles. The van der Waals surface area contributed by atoms with E-state index in [4.69, 9.17) is 0 Å². The Hall–Kier alpha value is -2.40. The first-order chi connectivity index (χ1) is 9.16. The summed E-state index contributed by atoms with van der Waals surface area (Å²) in [5.41, 5.74) is 0.810. The second kappa shape index (κ2) is 5.97. The SMILES string of the molecule is O=C([O-])c1ccc(N/C=C/C(=O)c2cccs2)cc1. The van der Waals surface area contributed by atoms with Crippen LogP contribution in [-0.2, 0) is 0 Å². The van der Waals surface area contributed by atoms with Gasteiger partial charge in [0.2, 0.25) is 0 Å². The lowest BCUT2D eigenvalue weighted by atomic mass is 10.2. The third kappa shape index (κ3) is 3.53. The molecule has 0 fully saturated rings. The first-order valence-electron chi connectivity index (χ1n) is 5.49. The third-order valence-electron chi connectivity index (χ3n) is 2.37. The molecule has 0 bridgehead atoms. The van der Waals surface area contributed by atoms with E-state index in [1.807, 2.05) is 11.4 Å². The molecule has 5 heteroatoms. The lowest BCUT2D eigenvalue weighted by Crippen LogP contribution is -2.21. The van der Waals surface area contributed by atoms with Gasteiger partial charge in [-0.25, -0.2) is 0 Å². The van der Waals surface area contributed by atoms with Gasteiger partial charge in [-0.05, 0) is 29.1 Å². The Kier molecular flexibility index (Phi) is 4.10. The molecule has 0 aliphatic carbocycles. The number of carboxylic acid groups (broad SMARTS) is 1. The number of carbonyl (C=O) groups excluding carboxylic acids is 2. The number of aromatic carboxylic acids is 1. The van der Waals surface area contributed by atoms with Gasteiger partial charge in [-0.15, -0.1) is 11.3 Å². The molecule has 96 valence electrons. The molecule has 0 saturated heterocycles. The molecule has 0 saturated carbocycles. The Morgan fingerprint density at radius 1 is 1.16 bits per heavy atom. The highest BCUT2D eigenvalue weighted by Gasteiger charge is 2.00. The molecular formula is C14H10NO3S-. The number of thiophene rings is 1. The van der Waals surface area contributed by atoms with Gasteiger partial charge in [0.05, 0.1) is 10.8 Å². The molecule has 0 aliphatic rings. The van der Waals surface area contributed by atoms with Crippen LogP contribution >= 0.6 is 11.3 Å². The van der Waals surface area contributed by atoms with Gasteiger partial charge in [-0.1, -0.05) is 18.2 Å².